The Morgan fingerprint density at radius 1 is 1.41 bits per heavy atom. The molecule has 0 aliphatic carbocycles. The number of oxazole rings is 1. The summed E-state index contributed by atoms with van der Waals surface area (Å²) < 4.78 is 19.1. The Bertz CT molecular complexity index is 522. The molecule has 2 aromatic rings. The highest BCUT2D eigenvalue weighted by Crippen LogP contribution is 2.27. The van der Waals surface area contributed by atoms with Gasteiger partial charge in [0.25, 0.3) is 5.22 Å². The Morgan fingerprint density at radius 2 is 2.18 bits per heavy atom. The lowest BCUT2D eigenvalue weighted by Crippen LogP contribution is -1.85. The van der Waals surface area contributed by atoms with Crippen molar-refractivity contribution in [3.63, 3.8) is 0 Å². The third-order valence-electron chi connectivity index (χ3n) is 2.38. The van der Waals surface area contributed by atoms with E-state index < -0.39 is 0 Å². The lowest BCUT2D eigenvalue weighted by Gasteiger charge is -2.02. The van der Waals surface area contributed by atoms with Crippen molar-refractivity contribution in [2.24, 2.45) is 0 Å². The second kappa shape index (κ2) is 5.23. The minimum atomic E-state index is -0.242. The van der Waals surface area contributed by atoms with Gasteiger partial charge in [-0.15, -0.1) is 0 Å². The Labute approximate surface area is 112 Å². The minimum absolute atomic E-state index is 0.242. The number of halogens is 2. The first-order valence-corrected chi connectivity index (χ1v) is 6.85. The number of hydrogen-bond donors (Lipinski definition) is 0. The van der Waals surface area contributed by atoms with Gasteiger partial charge >= 0.3 is 0 Å². The highest BCUT2D eigenvalue weighted by atomic mass is 79.9. The van der Waals surface area contributed by atoms with Gasteiger partial charge in [0, 0.05) is 10.2 Å². The van der Waals surface area contributed by atoms with Gasteiger partial charge in [-0.2, -0.15) is 0 Å². The predicted octanol–water partition coefficient (Wildman–Crippen LogP) is 4.49. The number of rotatable bonds is 3. The van der Waals surface area contributed by atoms with Crippen LogP contribution in [0.4, 0.5) is 4.39 Å². The smallest absolute Gasteiger partial charge is 0.256 e. The molecular formula is C12H11BrFNOS. The summed E-state index contributed by atoms with van der Waals surface area (Å²) in [7, 11) is 0. The van der Waals surface area contributed by atoms with Gasteiger partial charge in [0.1, 0.15) is 11.6 Å². The average molecular weight is 316 g/mol. The van der Waals surface area contributed by atoms with E-state index in [2.05, 4.69) is 20.9 Å². The Kier molecular flexibility index (Phi) is 3.89. The molecule has 90 valence electrons. The molecule has 2 rings (SSSR count). The number of thioether (sulfide) groups is 1. The maximum atomic E-state index is 12.9. The van der Waals surface area contributed by atoms with Crippen LogP contribution in [0.5, 0.6) is 0 Å². The van der Waals surface area contributed by atoms with Crippen molar-refractivity contribution in [3.05, 3.63) is 45.5 Å². The van der Waals surface area contributed by atoms with Crippen molar-refractivity contribution in [1.29, 1.82) is 0 Å². The summed E-state index contributed by atoms with van der Waals surface area (Å²) in [5.41, 5.74) is 1.93. The number of benzene rings is 1. The van der Waals surface area contributed by atoms with Crippen molar-refractivity contribution in [2.45, 2.75) is 24.8 Å². The lowest BCUT2D eigenvalue weighted by molar-refractivity contribution is 0.431. The summed E-state index contributed by atoms with van der Waals surface area (Å²) in [6.45, 7) is 3.80. The molecule has 0 unspecified atom stereocenters. The second-order valence-corrected chi connectivity index (χ2v) is 5.43. The van der Waals surface area contributed by atoms with Crippen molar-refractivity contribution < 1.29 is 8.81 Å². The van der Waals surface area contributed by atoms with Crippen LogP contribution < -0.4 is 0 Å². The molecule has 2 nitrogen and oxygen atoms in total. The molecule has 0 bridgehead atoms. The van der Waals surface area contributed by atoms with E-state index in [9.17, 15) is 4.39 Å². The van der Waals surface area contributed by atoms with E-state index in [0.29, 0.717) is 11.0 Å². The molecule has 0 aliphatic rings. The van der Waals surface area contributed by atoms with E-state index in [1.54, 1.807) is 6.07 Å². The summed E-state index contributed by atoms with van der Waals surface area (Å²) >= 11 is 4.83. The van der Waals surface area contributed by atoms with Crippen LogP contribution >= 0.6 is 27.7 Å². The molecule has 0 N–H and O–H groups in total. The van der Waals surface area contributed by atoms with Gasteiger partial charge < -0.3 is 4.42 Å². The Balaban J connectivity index is 2.07. The summed E-state index contributed by atoms with van der Waals surface area (Å²) in [6.07, 6.45) is 0. The molecule has 1 heterocycles. The normalized spacial score (nSPS) is 10.8. The zero-order chi connectivity index (χ0) is 12.4. The van der Waals surface area contributed by atoms with Gasteiger partial charge in [-0.25, -0.2) is 9.37 Å². The molecule has 5 heteroatoms. The van der Waals surface area contributed by atoms with Crippen molar-refractivity contribution in [1.82, 2.24) is 4.98 Å². The molecule has 0 fully saturated rings. The molecule has 0 saturated heterocycles. The lowest BCUT2D eigenvalue weighted by atomic mass is 10.2. The Morgan fingerprint density at radius 3 is 2.76 bits per heavy atom. The molecule has 0 aliphatic heterocycles. The fraction of sp³-hybridized carbons (Fsp3) is 0.250. The maximum Gasteiger partial charge on any atom is 0.256 e. The van der Waals surface area contributed by atoms with Gasteiger partial charge in [0.2, 0.25) is 0 Å². The first kappa shape index (κ1) is 12.6. The topological polar surface area (TPSA) is 26.0 Å². The SMILES string of the molecule is Cc1nc(SCc2ccc(F)cc2Br)oc1C. The van der Waals surface area contributed by atoms with Crippen LogP contribution in [-0.4, -0.2) is 4.98 Å². The summed E-state index contributed by atoms with van der Waals surface area (Å²) in [5.74, 6) is 1.29. The largest absolute Gasteiger partial charge is 0.437 e. The van der Waals surface area contributed by atoms with E-state index in [0.717, 1.165) is 21.5 Å². The van der Waals surface area contributed by atoms with E-state index in [4.69, 9.17) is 4.42 Å². The third-order valence-corrected chi connectivity index (χ3v) is 3.99. The maximum absolute atomic E-state index is 12.9. The number of aromatic nitrogens is 1. The van der Waals surface area contributed by atoms with E-state index >= 15 is 0 Å². The monoisotopic (exact) mass is 315 g/mol. The van der Waals surface area contributed by atoms with Crippen LogP contribution in [0.3, 0.4) is 0 Å². The van der Waals surface area contributed by atoms with Gasteiger partial charge in [-0.05, 0) is 31.5 Å². The van der Waals surface area contributed by atoms with E-state index in [1.807, 2.05) is 13.8 Å². The molecule has 0 amide bonds. The highest BCUT2D eigenvalue weighted by molar-refractivity contribution is 9.10. The molecule has 1 aromatic heterocycles. The summed E-state index contributed by atoms with van der Waals surface area (Å²) in [5, 5.41) is 0.649. The van der Waals surface area contributed by atoms with Crippen LogP contribution in [0, 0.1) is 19.7 Å². The first-order chi connectivity index (χ1) is 8.06. The molecule has 17 heavy (non-hydrogen) atoms. The molecule has 0 atom stereocenters. The van der Waals surface area contributed by atoms with E-state index in [1.165, 1.54) is 23.9 Å². The van der Waals surface area contributed by atoms with Crippen LogP contribution in [0.15, 0.2) is 32.3 Å². The molecular weight excluding hydrogens is 305 g/mol. The fourth-order valence-corrected chi connectivity index (χ4v) is 2.88. The molecule has 1 aromatic carbocycles. The first-order valence-electron chi connectivity index (χ1n) is 5.07. The average Bonchev–Trinajstić information content (AvgIpc) is 2.57. The van der Waals surface area contributed by atoms with Gasteiger partial charge in [0.05, 0.1) is 5.69 Å². The predicted molar refractivity (Wildman–Crippen MR) is 69.6 cm³/mol. The zero-order valence-electron chi connectivity index (χ0n) is 9.46. The molecule has 0 saturated carbocycles. The Hall–Kier alpha value is -0.810. The van der Waals surface area contributed by atoms with Crippen molar-refractivity contribution >= 4 is 27.7 Å². The molecule has 0 spiro atoms. The van der Waals surface area contributed by atoms with Crippen LogP contribution in [0.2, 0.25) is 0 Å². The number of nitrogens with zero attached hydrogens (tertiary/aromatic N) is 1. The van der Waals surface area contributed by atoms with Crippen LogP contribution in [0.1, 0.15) is 17.0 Å². The second-order valence-electron chi connectivity index (χ2n) is 3.65. The quantitative estimate of drug-likeness (QED) is 0.781. The standard InChI is InChI=1S/C12H11BrFNOS/c1-7-8(2)16-12(15-7)17-6-9-3-4-10(14)5-11(9)13/h3-5H,6H2,1-2H3. The van der Waals surface area contributed by atoms with Crippen LogP contribution in [-0.2, 0) is 5.75 Å². The van der Waals surface area contributed by atoms with Crippen molar-refractivity contribution in [2.75, 3.05) is 0 Å². The van der Waals surface area contributed by atoms with Gasteiger partial charge in [-0.3, -0.25) is 0 Å². The number of hydrogen-bond acceptors (Lipinski definition) is 3. The number of aryl methyl sites for hydroxylation is 2. The van der Waals surface area contributed by atoms with Gasteiger partial charge in [-0.1, -0.05) is 33.8 Å². The van der Waals surface area contributed by atoms with Crippen molar-refractivity contribution in [3.8, 4) is 0 Å². The summed E-state index contributed by atoms with van der Waals surface area (Å²) in [6, 6.07) is 4.67. The fourth-order valence-electron chi connectivity index (χ4n) is 1.28. The van der Waals surface area contributed by atoms with Gasteiger partial charge in [0.15, 0.2) is 0 Å². The highest BCUT2D eigenvalue weighted by Gasteiger charge is 2.08. The third kappa shape index (κ3) is 3.10. The zero-order valence-corrected chi connectivity index (χ0v) is 11.9. The molecule has 0 radical (unpaired) electrons. The minimum Gasteiger partial charge on any atom is -0.437 e. The van der Waals surface area contributed by atoms with Crippen LogP contribution in [0.25, 0.3) is 0 Å². The van der Waals surface area contributed by atoms with E-state index in [-0.39, 0.29) is 5.82 Å². The summed E-state index contributed by atoms with van der Waals surface area (Å²) in [4.78, 5) is 4.28.